The molecule has 0 aliphatic carbocycles. The van der Waals surface area contributed by atoms with Gasteiger partial charge >= 0.3 is 5.97 Å². The quantitative estimate of drug-likeness (QED) is 0.222. The fourth-order valence-electron chi connectivity index (χ4n) is 3.23. The van der Waals surface area contributed by atoms with E-state index in [0.29, 0.717) is 5.39 Å². The highest BCUT2D eigenvalue weighted by Gasteiger charge is 2.24. The molecule has 0 bridgehead atoms. The summed E-state index contributed by atoms with van der Waals surface area (Å²) in [6.07, 6.45) is 2.62. The second kappa shape index (κ2) is 19.1. The van der Waals surface area contributed by atoms with E-state index in [1.54, 1.807) is 19.2 Å². The third kappa shape index (κ3) is 11.9. The van der Waals surface area contributed by atoms with E-state index in [1.165, 1.54) is 17.9 Å². The van der Waals surface area contributed by atoms with Crippen LogP contribution in [0.4, 0.5) is 17.6 Å². The number of carboxylic acid groups (broad SMARTS) is 1. The van der Waals surface area contributed by atoms with Crippen LogP contribution in [0.2, 0.25) is 0 Å². The monoisotopic (exact) mass is 583 g/mol. The smallest absolute Gasteiger partial charge is 0.304 e. The molecule has 2 aromatic carbocycles. The fourth-order valence-corrected chi connectivity index (χ4v) is 3.23. The molecule has 1 aromatic heterocycles. The molecule has 0 aliphatic heterocycles. The lowest BCUT2D eigenvalue weighted by atomic mass is 9.98. The van der Waals surface area contributed by atoms with E-state index < -0.39 is 59.7 Å². The molecular formula is C30H37F4NO6. The molecule has 0 spiro atoms. The van der Waals surface area contributed by atoms with Crippen LogP contribution in [-0.2, 0) is 20.9 Å². The van der Waals surface area contributed by atoms with Crippen LogP contribution in [0.3, 0.4) is 0 Å². The van der Waals surface area contributed by atoms with E-state index >= 15 is 0 Å². The van der Waals surface area contributed by atoms with Crippen molar-refractivity contribution >= 4 is 28.3 Å². The molecule has 3 aromatic rings. The Bertz CT molecular complexity index is 1330. The number of halogens is 4. The molecule has 11 heteroatoms. The van der Waals surface area contributed by atoms with Gasteiger partial charge in [-0.1, -0.05) is 59.2 Å². The second-order valence-electron chi connectivity index (χ2n) is 8.50. The highest BCUT2D eigenvalue weighted by Crippen LogP contribution is 2.26. The number of hydrogen-bond acceptors (Lipinski definition) is 5. The fraction of sp³-hybridized carbons (Fsp3) is 0.400. The molecule has 1 N–H and O–H groups in total. The van der Waals surface area contributed by atoms with Gasteiger partial charge in [-0.3, -0.25) is 19.2 Å². The summed E-state index contributed by atoms with van der Waals surface area (Å²) < 4.78 is 58.3. The van der Waals surface area contributed by atoms with Gasteiger partial charge in [0.2, 0.25) is 11.6 Å². The lowest BCUT2D eigenvalue weighted by Gasteiger charge is -2.13. The third-order valence-electron chi connectivity index (χ3n) is 5.08. The Morgan fingerprint density at radius 2 is 1.49 bits per heavy atom. The highest BCUT2D eigenvalue weighted by atomic mass is 19.2. The molecule has 1 atom stereocenters. The zero-order chi connectivity index (χ0) is 31.7. The zero-order valence-electron chi connectivity index (χ0n) is 24.1. The molecule has 0 radical (unpaired) electrons. The third-order valence-corrected chi connectivity index (χ3v) is 5.08. The van der Waals surface area contributed by atoms with Crippen molar-refractivity contribution in [3.63, 3.8) is 0 Å². The first-order valence-corrected chi connectivity index (χ1v) is 13.2. The Labute approximate surface area is 236 Å². The van der Waals surface area contributed by atoms with Gasteiger partial charge in [0, 0.05) is 23.6 Å². The van der Waals surface area contributed by atoms with Gasteiger partial charge < -0.3 is 14.4 Å². The molecule has 7 nitrogen and oxygen atoms in total. The van der Waals surface area contributed by atoms with Crippen molar-refractivity contribution in [3.8, 4) is 5.75 Å². The zero-order valence-corrected chi connectivity index (χ0v) is 24.1. The minimum Gasteiger partial charge on any atom is -0.481 e. The number of hydrogen-bond donors (Lipinski definition) is 1. The molecule has 1 unspecified atom stereocenters. The summed E-state index contributed by atoms with van der Waals surface area (Å²) in [7, 11) is 0. The SMILES string of the molecule is CC.CC(=O)Cn1ccc2ccccc2c1=O.CCC.CCC(CC(=O)O)C(=O)COc1c(F)c(F)cc(F)c1F. The molecule has 0 fully saturated rings. The van der Waals surface area contributed by atoms with E-state index in [0.717, 1.165) is 5.39 Å². The van der Waals surface area contributed by atoms with E-state index in [-0.39, 0.29) is 30.4 Å². The average Bonchev–Trinajstić information content (AvgIpc) is 2.94. The number of carboxylic acids is 1. The van der Waals surface area contributed by atoms with Gasteiger partial charge in [0.05, 0.1) is 13.0 Å². The number of carbonyl (C=O) groups excluding carboxylic acids is 2. The summed E-state index contributed by atoms with van der Waals surface area (Å²) in [6, 6.07) is 9.22. The van der Waals surface area contributed by atoms with Crippen molar-refractivity contribution in [2.45, 2.75) is 67.3 Å². The molecule has 0 aliphatic rings. The van der Waals surface area contributed by atoms with Crippen LogP contribution in [-0.4, -0.2) is 33.8 Å². The molecule has 226 valence electrons. The second-order valence-corrected chi connectivity index (χ2v) is 8.50. The van der Waals surface area contributed by atoms with Crippen molar-refractivity contribution in [1.29, 1.82) is 0 Å². The highest BCUT2D eigenvalue weighted by molar-refractivity contribution is 5.86. The number of ketones is 2. The largest absolute Gasteiger partial charge is 0.481 e. The van der Waals surface area contributed by atoms with Crippen LogP contribution >= 0.6 is 0 Å². The van der Waals surface area contributed by atoms with Crippen LogP contribution < -0.4 is 10.3 Å². The van der Waals surface area contributed by atoms with E-state index in [2.05, 4.69) is 18.6 Å². The van der Waals surface area contributed by atoms with Gasteiger partial charge in [-0.15, -0.1) is 0 Å². The summed E-state index contributed by atoms with van der Waals surface area (Å²) in [5.74, 6) is -11.1. The maximum absolute atomic E-state index is 13.3. The molecule has 0 saturated carbocycles. The molecule has 0 saturated heterocycles. The maximum Gasteiger partial charge on any atom is 0.304 e. The van der Waals surface area contributed by atoms with Crippen LogP contribution in [0.15, 0.2) is 47.4 Å². The Balaban J connectivity index is 0.000000697. The summed E-state index contributed by atoms with van der Waals surface area (Å²) in [6.45, 7) is 10.5. The van der Waals surface area contributed by atoms with Crippen molar-refractivity contribution in [2.24, 2.45) is 5.92 Å². The van der Waals surface area contributed by atoms with Gasteiger partial charge in [-0.25, -0.2) is 8.78 Å². The number of carbonyl (C=O) groups is 3. The first kappa shape index (κ1) is 37.0. The first-order valence-electron chi connectivity index (χ1n) is 13.2. The van der Waals surface area contributed by atoms with E-state index in [9.17, 15) is 36.7 Å². The van der Waals surface area contributed by atoms with Crippen molar-refractivity contribution in [1.82, 2.24) is 4.57 Å². The van der Waals surface area contributed by atoms with Crippen molar-refractivity contribution in [2.75, 3.05) is 6.61 Å². The summed E-state index contributed by atoms with van der Waals surface area (Å²) in [5.41, 5.74) is -0.108. The van der Waals surface area contributed by atoms with E-state index in [4.69, 9.17) is 5.11 Å². The van der Waals surface area contributed by atoms with Gasteiger partial charge in [-0.2, -0.15) is 8.78 Å². The molecule has 0 amide bonds. The minimum absolute atomic E-state index is 0.0125. The summed E-state index contributed by atoms with van der Waals surface area (Å²) >= 11 is 0. The predicted molar refractivity (Wildman–Crippen MR) is 149 cm³/mol. The summed E-state index contributed by atoms with van der Waals surface area (Å²) in [5, 5.41) is 10.2. The van der Waals surface area contributed by atoms with Gasteiger partial charge in [0.15, 0.2) is 23.2 Å². The van der Waals surface area contributed by atoms with Gasteiger partial charge in [0.25, 0.3) is 5.56 Å². The first-order chi connectivity index (χ1) is 19.4. The predicted octanol–water partition coefficient (Wildman–Crippen LogP) is 6.72. The number of aromatic nitrogens is 1. The Morgan fingerprint density at radius 1 is 0.951 bits per heavy atom. The number of nitrogens with zero attached hydrogens (tertiary/aromatic N) is 1. The number of fused-ring (bicyclic) bond motifs is 1. The minimum atomic E-state index is -1.76. The molecule has 41 heavy (non-hydrogen) atoms. The summed E-state index contributed by atoms with van der Waals surface area (Å²) in [4.78, 5) is 45.0. The Kier molecular flexibility index (Phi) is 17.2. The lowest BCUT2D eigenvalue weighted by Crippen LogP contribution is -2.24. The van der Waals surface area contributed by atoms with Crippen LogP contribution in [0.25, 0.3) is 10.8 Å². The molecular weight excluding hydrogens is 546 g/mol. The Hall–Kier alpha value is -4.02. The number of ether oxygens (including phenoxy) is 1. The van der Waals surface area contributed by atoms with Crippen LogP contribution in [0, 0.1) is 29.2 Å². The number of rotatable bonds is 9. The normalized spacial score (nSPS) is 10.6. The molecule has 3 rings (SSSR count). The average molecular weight is 584 g/mol. The number of aliphatic carboxylic acids is 1. The maximum atomic E-state index is 13.3. The van der Waals surface area contributed by atoms with Gasteiger partial charge in [0.1, 0.15) is 12.4 Å². The number of benzene rings is 2. The van der Waals surface area contributed by atoms with E-state index in [1.807, 2.05) is 38.1 Å². The van der Waals surface area contributed by atoms with Crippen molar-refractivity contribution in [3.05, 3.63) is 76.2 Å². The number of pyridine rings is 1. The Morgan fingerprint density at radius 3 is 1.98 bits per heavy atom. The van der Waals surface area contributed by atoms with Crippen molar-refractivity contribution < 1.29 is 41.8 Å². The van der Waals surface area contributed by atoms with Crippen LogP contribution in [0.5, 0.6) is 5.75 Å². The number of Topliss-reactive ketones (excluding diaryl/α,β-unsaturated/α-hetero) is 2. The lowest BCUT2D eigenvalue weighted by molar-refractivity contribution is -0.141. The van der Waals surface area contributed by atoms with Gasteiger partial charge in [-0.05, 0) is 30.9 Å². The van der Waals surface area contributed by atoms with Crippen LogP contribution in [0.1, 0.15) is 60.8 Å². The molecule has 1 heterocycles. The topological polar surface area (TPSA) is 103 Å². The standard InChI is InChI=1S/C13H12F4O4.C12H11NO2.C3H8.C2H6/c1-2-6(3-10(19)20)9(18)5-21-13-11(16)7(14)4-8(15)12(13)17;1-9(14)8-13-7-6-10-4-2-3-5-11(10)12(13)15;1-3-2;1-2/h4,6H,2-3,5H2,1H3,(H,19,20);2-7H,8H2,1H3;3H2,1-2H3;1-2H3.